The number of nitrogens with one attached hydrogen (secondary N) is 1. The van der Waals surface area contributed by atoms with E-state index in [4.69, 9.17) is 16.3 Å². The Bertz CT molecular complexity index is 616. The van der Waals surface area contributed by atoms with Crippen molar-refractivity contribution in [1.82, 2.24) is 0 Å². The van der Waals surface area contributed by atoms with Gasteiger partial charge in [-0.15, -0.1) is 0 Å². The highest BCUT2D eigenvalue weighted by Gasteiger charge is 2.03. The minimum atomic E-state index is 0.639. The van der Waals surface area contributed by atoms with Gasteiger partial charge < -0.3 is 10.1 Å². The number of halogens is 2. The van der Waals surface area contributed by atoms with E-state index in [2.05, 4.69) is 53.3 Å². The average molecular weight is 369 g/mol. The monoisotopic (exact) mass is 367 g/mol. The summed E-state index contributed by atoms with van der Waals surface area (Å²) in [6, 6.07) is 12.1. The van der Waals surface area contributed by atoms with Crippen LogP contribution in [-0.2, 0) is 6.54 Å². The molecule has 2 rings (SSSR count). The first-order chi connectivity index (χ1) is 10.1. The summed E-state index contributed by atoms with van der Waals surface area (Å²) in [5.41, 5.74) is 3.46. The highest BCUT2D eigenvalue weighted by Crippen LogP contribution is 2.28. The molecule has 0 fully saturated rings. The summed E-state index contributed by atoms with van der Waals surface area (Å²) in [7, 11) is 0. The molecule has 2 aromatic rings. The predicted molar refractivity (Wildman–Crippen MR) is 93.4 cm³/mol. The van der Waals surface area contributed by atoms with Gasteiger partial charge in [0.05, 0.1) is 11.6 Å². The third-order valence-corrected chi connectivity index (χ3v) is 4.30. The smallest absolute Gasteiger partial charge is 0.138 e. The number of anilines is 1. The molecule has 112 valence electrons. The Morgan fingerprint density at radius 2 is 2.00 bits per heavy atom. The molecular weight excluding hydrogens is 350 g/mol. The number of aryl methyl sites for hydroxylation is 1. The molecule has 0 amide bonds. The molecule has 0 saturated carbocycles. The van der Waals surface area contributed by atoms with Crippen LogP contribution in [-0.4, -0.2) is 6.61 Å². The Balaban J connectivity index is 1.99. The lowest BCUT2D eigenvalue weighted by atomic mass is 10.1. The van der Waals surface area contributed by atoms with E-state index in [0.717, 1.165) is 28.9 Å². The van der Waals surface area contributed by atoms with E-state index < -0.39 is 0 Å². The molecule has 0 bridgehead atoms. The highest BCUT2D eigenvalue weighted by atomic mass is 79.9. The van der Waals surface area contributed by atoms with Crippen molar-refractivity contribution in [2.45, 2.75) is 26.8 Å². The predicted octanol–water partition coefficient (Wildman–Crippen LogP) is 5.81. The van der Waals surface area contributed by atoms with Crippen molar-refractivity contribution >= 4 is 33.2 Å². The quantitative estimate of drug-likeness (QED) is 0.694. The average Bonchev–Trinajstić information content (AvgIpc) is 2.47. The Hall–Kier alpha value is -1.19. The maximum atomic E-state index is 6.22. The Kier molecular flexibility index (Phi) is 5.95. The largest absolute Gasteiger partial charge is 0.492 e. The van der Waals surface area contributed by atoms with Gasteiger partial charge >= 0.3 is 0 Å². The van der Waals surface area contributed by atoms with Crippen LogP contribution in [0.25, 0.3) is 0 Å². The van der Waals surface area contributed by atoms with Crippen LogP contribution in [0.3, 0.4) is 0 Å². The zero-order valence-electron chi connectivity index (χ0n) is 12.2. The van der Waals surface area contributed by atoms with E-state index in [1.54, 1.807) is 0 Å². The fourth-order valence-corrected chi connectivity index (χ4v) is 2.44. The lowest BCUT2D eigenvalue weighted by Gasteiger charge is -2.11. The topological polar surface area (TPSA) is 21.3 Å². The van der Waals surface area contributed by atoms with Crippen LogP contribution in [0.5, 0.6) is 5.75 Å². The standard InChI is InChI=1S/C17H19BrClNO/c1-3-8-21-17-7-5-14(10-16(17)19)20-11-13-4-6-15(18)12(2)9-13/h4-7,9-10,20H,3,8,11H2,1-2H3. The number of hydrogen-bond acceptors (Lipinski definition) is 2. The number of ether oxygens (including phenoxy) is 1. The van der Waals surface area contributed by atoms with Crippen molar-refractivity contribution in [3.63, 3.8) is 0 Å². The van der Waals surface area contributed by atoms with E-state index in [1.165, 1.54) is 11.1 Å². The summed E-state index contributed by atoms with van der Waals surface area (Å²) in [4.78, 5) is 0. The normalized spacial score (nSPS) is 10.5. The third-order valence-electron chi connectivity index (χ3n) is 3.11. The SMILES string of the molecule is CCCOc1ccc(NCc2ccc(Br)c(C)c2)cc1Cl. The first kappa shape index (κ1) is 16.2. The Labute approximate surface area is 139 Å². The molecule has 0 unspecified atom stereocenters. The summed E-state index contributed by atoms with van der Waals surface area (Å²) in [6.07, 6.45) is 0.971. The lowest BCUT2D eigenvalue weighted by Crippen LogP contribution is -2.01. The van der Waals surface area contributed by atoms with Gasteiger partial charge in [0.2, 0.25) is 0 Å². The summed E-state index contributed by atoms with van der Waals surface area (Å²) < 4.78 is 6.70. The fraction of sp³-hybridized carbons (Fsp3) is 0.294. The maximum absolute atomic E-state index is 6.22. The van der Waals surface area contributed by atoms with Gasteiger partial charge in [-0.05, 0) is 48.7 Å². The van der Waals surface area contributed by atoms with E-state index in [0.29, 0.717) is 11.6 Å². The zero-order chi connectivity index (χ0) is 15.2. The minimum Gasteiger partial charge on any atom is -0.492 e. The van der Waals surface area contributed by atoms with E-state index >= 15 is 0 Å². The van der Waals surface area contributed by atoms with Crippen LogP contribution in [0.15, 0.2) is 40.9 Å². The second-order valence-corrected chi connectivity index (χ2v) is 6.19. The summed E-state index contributed by atoms with van der Waals surface area (Å²) in [5, 5.41) is 4.02. The van der Waals surface area contributed by atoms with Crippen molar-refractivity contribution in [3.8, 4) is 5.75 Å². The van der Waals surface area contributed by atoms with Crippen LogP contribution < -0.4 is 10.1 Å². The van der Waals surface area contributed by atoms with Crippen molar-refractivity contribution in [1.29, 1.82) is 0 Å². The van der Waals surface area contributed by atoms with E-state index in [9.17, 15) is 0 Å². The lowest BCUT2D eigenvalue weighted by molar-refractivity contribution is 0.317. The molecule has 0 saturated heterocycles. The molecule has 0 atom stereocenters. The molecule has 21 heavy (non-hydrogen) atoms. The molecule has 4 heteroatoms. The summed E-state index contributed by atoms with van der Waals surface area (Å²) >= 11 is 9.73. The van der Waals surface area contributed by atoms with Crippen molar-refractivity contribution < 1.29 is 4.74 Å². The Morgan fingerprint density at radius 3 is 2.67 bits per heavy atom. The summed E-state index contributed by atoms with van der Waals surface area (Å²) in [5.74, 6) is 0.739. The van der Waals surface area contributed by atoms with Gasteiger partial charge in [-0.1, -0.05) is 46.6 Å². The molecule has 0 aliphatic heterocycles. The molecule has 0 spiro atoms. The molecule has 2 aromatic carbocycles. The molecule has 0 aliphatic rings. The van der Waals surface area contributed by atoms with Crippen molar-refractivity contribution in [3.05, 3.63) is 57.0 Å². The van der Waals surface area contributed by atoms with E-state index in [-0.39, 0.29) is 0 Å². The number of hydrogen-bond donors (Lipinski definition) is 1. The zero-order valence-corrected chi connectivity index (χ0v) is 14.6. The van der Waals surface area contributed by atoms with Crippen molar-refractivity contribution in [2.75, 3.05) is 11.9 Å². The second kappa shape index (κ2) is 7.71. The van der Waals surface area contributed by atoms with Gasteiger partial charge in [-0.25, -0.2) is 0 Å². The van der Waals surface area contributed by atoms with Gasteiger partial charge in [0.15, 0.2) is 0 Å². The van der Waals surface area contributed by atoms with Crippen LogP contribution in [0.2, 0.25) is 5.02 Å². The molecule has 0 aliphatic carbocycles. The third kappa shape index (κ3) is 4.65. The van der Waals surface area contributed by atoms with Crippen LogP contribution in [0.1, 0.15) is 24.5 Å². The van der Waals surface area contributed by atoms with Gasteiger partial charge in [0, 0.05) is 16.7 Å². The van der Waals surface area contributed by atoms with Gasteiger partial charge in [0.25, 0.3) is 0 Å². The minimum absolute atomic E-state index is 0.639. The van der Waals surface area contributed by atoms with Crippen LogP contribution in [0, 0.1) is 6.92 Å². The second-order valence-electron chi connectivity index (χ2n) is 4.93. The van der Waals surface area contributed by atoms with E-state index in [1.807, 2.05) is 18.2 Å². The fourth-order valence-electron chi connectivity index (χ4n) is 1.96. The molecule has 0 radical (unpaired) electrons. The molecule has 2 nitrogen and oxygen atoms in total. The van der Waals surface area contributed by atoms with Gasteiger partial charge in [-0.2, -0.15) is 0 Å². The molecule has 0 aromatic heterocycles. The van der Waals surface area contributed by atoms with Crippen molar-refractivity contribution in [2.24, 2.45) is 0 Å². The van der Waals surface area contributed by atoms with Crippen LogP contribution in [0.4, 0.5) is 5.69 Å². The van der Waals surface area contributed by atoms with Crippen LogP contribution >= 0.6 is 27.5 Å². The maximum Gasteiger partial charge on any atom is 0.138 e. The first-order valence-electron chi connectivity index (χ1n) is 7.01. The van der Waals surface area contributed by atoms with Gasteiger partial charge in [-0.3, -0.25) is 0 Å². The van der Waals surface area contributed by atoms with Gasteiger partial charge in [0.1, 0.15) is 5.75 Å². The highest BCUT2D eigenvalue weighted by molar-refractivity contribution is 9.10. The molecule has 1 N–H and O–H groups in total. The number of benzene rings is 2. The molecular formula is C17H19BrClNO. The molecule has 0 heterocycles. The Morgan fingerprint density at radius 1 is 1.19 bits per heavy atom. The number of rotatable bonds is 6. The summed E-state index contributed by atoms with van der Waals surface area (Å²) in [6.45, 7) is 5.61. The first-order valence-corrected chi connectivity index (χ1v) is 8.18.